The van der Waals surface area contributed by atoms with Gasteiger partial charge in [0.2, 0.25) is 0 Å². The number of carbonyl (C=O) groups is 1. The monoisotopic (exact) mass is 267 g/mol. The van der Waals surface area contributed by atoms with Crippen molar-refractivity contribution in [2.45, 2.75) is 32.3 Å². The van der Waals surface area contributed by atoms with Crippen LogP contribution in [0.4, 0.5) is 0 Å². The lowest BCUT2D eigenvalue weighted by molar-refractivity contribution is 0.0313. The molecule has 1 rings (SSSR count). The molecule has 0 aliphatic rings. The van der Waals surface area contributed by atoms with Crippen molar-refractivity contribution in [2.24, 2.45) is 0 Å². The summed E-state index contributed by atoms with van der Waals surface area (Å²) >= 11 is 0. The molecule has 0 fully saturated rings. The molecule has 1 amide bonds. The Morgan fingerprint density at radius 3 is 2.53 bits per heavy atom. The minimum Gasteiger partial charge on any atom is -0.504 e. The molecule has 0 saturated heterocycles. The van der Waals surface area contributed by atoms with Crippen LogP contribution in [-0.4, -0.2) is 35.4 Å². The number of aliphatic hydroxyl groups is 1. The van der Waals surface area contributed by atoms with Crippen molar-refractivity contribution in [3.05, 3.63) is 23.8 Å². The van der Waals surface area contributed by atoms with Gasteiger partial charge in [0.15, 0.2) is 11.5 Å². The van der Waals surface area contributed by atoms with Gasteiger partial charge in [-0.25, -0.2) is 0 Å². The summed E-state index contributed by atoms with van der Waals surface area (Å²) in [6, 6.07) is 4.70. The van der Waals surface area contributed by atoms with Crippen LogP contribution in [0.3, 0.4) is 0 Å². The SMILES string of the molecule is CCC(O)(CC)CNC(=O)c1cccc(OC)c1O. The van der Waals surface area contributed by atoms with E-state index in [0.717, 1.165) is 0 Å². The molecule has 5 heteroatoms. The molecular weight excluding hydrogens is 246 g/mol. The van der Waals surface area contributed by atoms with E-state index < -0.39 is 11.5 Å². The van der Waals surface area contributed by atoms with Gasteiger partial charge in [-0.2, -0.15) is 0 Å². The Morgan fingerprint density at radius 1 is 1.37 bits per heavy atom. The molecular formula is C14H21NO4. The summed E-state index contributed by atoms with van der Waals surface area (Å²) in [6.07, 6.45) is 1.10. The highest BCUT2D eigenvalue weighted by atomic mass is 16.5. The van der Waals surface area contributed by atoms with Gasteiger partial charge in [-0.3, -0.25) is 4.79 Å². The zero-order valence-electron chi connectivity index (χ0n) is 11.6. The van der Waals surface area contributed by atoms with Crippen LogP contribution in [-0.2, 0) is 0 Å². The third-order valence-electron chi connectivity index (χ3n) is 3.36. The van der Waals surface area contributed by atoms with E-state index in [9.17, 15) is 15.0 Å². The number of carbonyl (C=O) groups excluding carboxylic acids is 1. The Hall–Kier alpha value is -1.75. The zero-order valence-corrected chi connectivity index (χ0v) is 11.6. The maximum Gasteiger partial charge on any atom is 0.255 e. The number of benzene rings is 1. The Morgan fingerprint density at radius 2 is 2.00 bits per heavy atom. The number of nitrogens with one attached hydrogen (secondary N) is 1. The maximum atomic E-state index is 12.0. The van der Waals surface area contributed by atoms with E-state index in [1.165, 1.54) is 13.2 Å². The van der Waals surface area contributed by atoms with Crippen molar-refractivity contribution < 1.29 is 19.7 Å². The molecule has 0 saturated carbocycles. The number of phenolic OH excluding ortho intramolecular Hbond substituents is 1. The van der Waals surface area contributed by atoms with Crippen molar-refractivity contribution in [1.82, 2.24) is 5.32 Å². The second kappa shape index (κ2) is 6.43. The van der Waals surface area contributed by atoms with E-state index in [1.54, 1.807) is 12.1 Å². The van der Waals surface area contributed by atoms with Crippen molar-refractivity contribution >= 4 is 5.91 Å². The van der Waals surface area contributed by atoms with Gasteiger partial charge in [-0.1, -0.05) is 19.9 Å². The summed E-state index contributed by atoms with van der Waals surface area (Å²) in [7, 11) is 1.42. The Labute approximate surface area is 113 Å². The molecule has 5 nitrogen and oxygen atoms in total. The van der Waals surface area contributed by atoms with Gasteiger partial charge in [-0.05, 0) is 25.0 Å². The van der Waals surface area contributed by atoms with E-state index in [1.807, 2.05) is 13.8 Å². The van der Waals surface area contributed by atoms with Gasteiger partial charge in [0.25, 0.3) is 5.91 Å². The number of ether oxygens (including phenoxy) is 1. The number of aromatic hydroxyl groups is 1. The van der Waals surface area contributed by atoms with Crippen LogP contribution in [0.5, 0.6) is 11.5 Å². The lowest BCUT2D eigenvalue weighted by Crippen LogP contribution is -2.42. The molecule has 0 heterocycles. The van der Waals surface area contributed by atoms with Gasteiger partial charge in [0.05, 0.1) is 18.3 Å². The predicted molar refractivity (Wildman–Crippen MR) is 72.5 cm³/mol. The highest BCUT2D eigenvalue weighted by molar-refractivity contribution is 5.97. The van der Waals surface area contributed by atoms with Gasteiger partial charge in [-0.15, -0.1) is 0 Å². The molecule has 1 aromatic carbocycles. The summed E-state index contributed by atoms with van der Waals surface area (Å²) < 4.78 is 4.94. The third kappa shape index (κ3) is 3.61. The first-order valence-corrected chi connectivity index (χ1v) is 6.34. The van der Waals surface area contributed by atoms with Crippen LogP contribution >= 0.6 is 0 Å². The standard InChI is InChI=1S/C14H21NO4/c1-4-14(18,5-2)9-15-13(17)10-7-6-8-11(19-3)12(10)16/h6-8,16,18H,4-5,9H2,1-3H3,(H,15,17). The molecule has 1 aromatic rings. The van der Waals surface area contributed by atoms with Crippen LogP contribution in [0.25, 0.3) is 0 Å². The second-order valence-electron chi connectivity index (χ2n) is 4.47. The number of phenols is 1. The third-order valence-corrected chi connectivity index (χ3v) is 3.36. The molecule has 0 atom stereocenters. The van der Waals surface area contributed by atoms with Crippen molar-refractivity contribution in [3.8, 4) is 11.5 Å². The van der Waals surface area contributed by atoms with Gasteiger partial charge in [0.1, 0.15) is 0 Å². The Kier molecular flexibility index (Phi) is 5.18. The first-order chi connectivity index (χ1) is 8.97. The molecule has 19 heavy (non-hydrogen) atoms. The Bertz CT molecular complexity index is 441. The molecule has 0 aromatic heterocycles. The van der Waals surface area contributed by atoms with Gasteiger partial charge >= 0.3 is 0 Å². The van der Waals surface area contributed by atoms with Crippen molar-refractivity contribution in [3.63, 3.8) is 0 Å². The van der Waals surface area contributed by atoms with Crippen LogP contribution in [0.2, 0.25) is 0 Å². The molecule has 3 N–H and O–H groups in total. The lowest BCUT2D eigenvalue weighted by Gasteiger charge is -2.25. The number of para-hydroxylation sites is 1. The molecule has 0 aliphatic carbocycles. The van der Waals surface area contributed by atoms with E-state index in [0.29, 0.717) is 12.8 Å². The lowest BCUT2D eigenvalue weighted by atomic mass is 9.97. The summed E-state index contributed by atoms with van der Waals surface area (Å²) in [5.74, 6) is -0.385. The van der Waals surface area contributed by atoms with Crippen LogP contribution in [0.1, 0.15) is 37.0 Å². The topological polar surface area (TPSA) is 78.8 Å². The normalized spacial score (nSPS) is 11.2. The number of amides is 1. The largest absolute Gasteiger partial charge is 0.504 e. The van der Waals surface area contributed by atoms with E-state index in [2.05, 4.69) is 5.32 Å². The van der Waals surface area contributed by atoms with E-state index in [4.69, 9.17) is 4.74 Å². The number of hydrogen-bond acceptors (Lipinski definition) is 4. The Balaban J connectivity index is 2.79. The van der Waals surface area contributed by atoms with Crippen molar-refractivity contribution in [2.75, 3.05) is 13.7 Å². The minimum absolute atomic E-state index is 0.133. The summed E-state index contributed by atoms with van der Waals surface area (Å²) in [4.78, 5) is 12.0. The van der Waals surface area contributed by atoms with E-state index in [-0.39, 0.29) is 23.6 Å². The minimum atomic E-state index is -0.913. The van der Waals surface area contributed by atoms with E-state index >= 15 is 0 Å². The molecule has 0 aliphatic heterocycles. The fourth-order valence-corrected chi connectivity index (χ4v) is 1.71. The van der Waals surface area contributed by atoms with Gasteiger partial charge < -0.3 is 20.3 Å². The summed E-state index contributed by atoms with van der Waals surface area (Å²) in [5.41, 5.74) is -0.779. The second-order valence-corrected chi connectivity index (χ2v) is 4.47. The molecule has 0 spiro atoms. The molecule has 0 radical (unpaired) electrons. The average molecular weight is 267 g/mol. The highest BCUT2D eigenvalue weighted by Crippen LogP contribution is 2.29. The summed E-state index contributed by atoms with van der Waals surface area (Å²) in [5, 5.41) is 22.6. The van der Waals surface area contributed by atoms with Gasteiger partial charge in [0, 0.05) is 6.54 Å². The zero-order chi connectivity index (χ0) is 14.5. The maximum absolute atomic E-state index is 12.0. The average Bonchev–Trinajstić information content (AvgIpc) is 2.44. The number of methoxy groups -OCH3 is 1. The van der Waals surface area contributed by atoms with Crippen LogP contribution < -0.4 is 10.1 Å². The summed E-state index contributed by atoms with van der Waals surface area (Å²) in [6.45, 7) is 3.87. The van der Waals surface area contributed by atoms with Crippen LogP contribution in [0, 0.1) is 0 Å². The predicted octanol–water partition coefficient (Wildman–Crippen LogP) is 1.68. The highest BCUT2D eigenvalue weighted by Gasteiger charge is 2.24. The molecule has 106 valence electrons. The number of rotatable bonds is 6. The number of hydrogen-bond donors (Lipinski definition) is 3. The first-order valence-electron chi connectivity index (χ1n) is 6.34. The fraction of sp³-hybridized carbons (Fsp3) is 0.500. The van der Waals surface area contributed by atoms with Crippen LogP contribution in [0.15, 0.2) is 18.2 Å². The first kappa shape index (κ1) is 15.3. The van der Waals surface area contributed by atoms with Crippen molar-refractivity contribution in [1.29, 1.82) is 0 Å². The molecule has 0 bridgehead atoms. The fourth-order valence-electron chi connectivity index (χ4n) is 1.71. The quantitative estimate of drug-likeness (QED) is 0.732. The smallest absolute Gasteiger partial charge is 0.255 e. The molecule has 0 unspecified atom stereocenters.